The predicted octanol–water partition coefficient (Wildman–Crippen LogP) is 3.00. The third-order valence-corrected chi connectivity index (χ3v) is 3.79. The van der Waals surface area contributed by atoms with Gasteiger partial charge in [0.15, 0.2) is 5.15 Å². The Balaban J connectivity index is 2.07. The van der Waals surface area contributed by atoms with Crippen molar-refractivity contribution in [2.24, 2.45) is 0 Å². The topological polar surface area (TPSA) is 28.2 Å². The summed E-state index contributed by atoms with van der Waals surface area (Å²) in [4.78, 5) is 6.45. The van der Waals surface area contributed by atoms with Crippen LogP contribution in [0.3, 0.4) is 0 Å². The Hall–Kier alpha value is -0.320. The summed E-state index contributed by atoms with van der Waals surface area (Å²) in [5, 5.41) is 3.98. The number of anilines is 1. The van der Waals surface area contributed by atoms with Crippen LogP contribution in [0.4, 0.5) is 5.69 Å². The molecule has 1 saturated heterocycles. The lowest BCUT2D eigenvalue weighted by atomic mass is 10.2. The van der Waals surface area contributed by atoms with Crippen molar-refractivity contribution < 1.29 is 0 Å². The smallest absolute Gasteiger partial charge is 0.152 e. The van der Waals surface area contributed by atoms with Crippen molar-refractivity contribution in [3.63, 3.8) is 0 Å². The van der Waals surface area contributed by atoms with E-state index in [1.807, 2.05) is 6.07 Å². The second-order valence-electron chi connectivity index (χ2n) is 4.36. The van der Waals surface area contributed by atoms with Crippen molar-refractivity contribution in [2.75, 3.05) is 18.9 Å². The Morgan fingerprint density at radius 1 is 1.62 bits per heavy atom. The summed E-state index contributed by atoms with van der Waals surface area (Å²) in [6, 6.07) is 3.04. The molecule has 88 valence electrons. The SMILES string of the molecule is CC1CC(Nc2cc(Br)cnc2Cl)CN1C. The molecular formula is C11H15BrClN3. The number of aromatic nitrogens is 1. The van der Waals surface area contributed by atoms with Crippen molar-refractivity contribution in [2.45, 2.75) is 25.4 Å². The van der Waals surface area contributed by atoms with Gasteiger partial charge in [0.05, 0.1) is 5.69 Å². The Bertz CT molecular complexity index is 375. The van der Waals surface area contributed by atoms with Crippen LogP contribution < -0.4 is 5.32 Å². The van der Waals surface area contributed by atoms with E-state index in [0.29, 0.717) is 17.2 Å². The Kier molecular flexibility index (Phi) is 3.72. The van der Waals surface area contributed by atoms with Gasteiger partial charge in [-0.1, -0.05) is 11.6 Å². The molecule has 1 aliphatic rings. The number of likely N-dealkylation sites (tertiary alicyclic amines) is 1. The van der Waals surface area contributed by atoms with Crippen molar-refractivity contribution in [1.29, 1.82) is 0 Å². The number of nitrogens with zero attached hydrogens (tertiary/aromatic N) is 2. The van der Waals surface area contributed by atoms with E-state index in [2.05, 4.69) is 45.1 Å². The van der Waals surface area contributed by atoms with E-state index >= 15 is 0 Å². The number of likely N-dealkylation sites (N-methyl/N-ethyl adjacent to an activating group) is 1. The highest BCUT2D eigenvalue weighted by Crippen LogP contribution is 2.26. The Morgan fingerprint density at radius 3 is 3.00 bits per heavy atom. The average molecular weight is 305 g/mol. The molecule has 0 aliphatic carbocycles. The molecule has 2 unspecified atom stereocenters. The van der Waals surface area contributed by atoms with Crippen LogP contribution in [0.5, 0.6) is 0 Å². The number of hydrogen-bond acceptors (Lipinski definition) is 3. The lowest BCUT2D eigenvalue weighted by molar-refractivity contribution is 0.330. The third-order valence-electron chi connectivity index (χ3n) is 3.05. The summed E-state index contributed by atoms with van der Waals surface area (Å²) < 4.78 is 0.943. The van der Waals surface area contributed by atoms with Crippen LogP contribution in [0.25, 0.3) is 0 Å². The van der Waals surface area contributed by atoms with Crippen LogP contribution in [-0.4, -0.2) is 35.6 Å². The lowest BCUT2D eigenvalue weighted by Crippen LogP contribution is -2.25. The second-order valence-corrected chi connectivity index (χ2v) is 5.63. The number of hydrogen-bond donors (Lipinski definition) is 1. The van der Waals surface area contributed by atoms with E-state index in [9.17, 15) is 0 Å². The summed E-state index contributed by atoms with van der Waals surface area (Å²) >= 11 is 9.44. The van der Waals surface area contributed by atoms with Gasteiger partial charge in [0.2, 0.25) is 0 Å². The highest BCUT2D eigenvalue weighted by Gasteiger charge is 2.26. The van der Waals surface area contributed by atoms with Crippen molar-refractivity contribution >= 4 is 33.2 Å². The molecule has 2 atom stereocenters. The van der Waals surface area contributed by atoms with E-state index < -0.39 is 0 Å². The van der Waals surface area contributed by atoms with Crippen LogP contribution in [0.1, 0.15) is 13.3 Å². The van der Waals surface area contributed by atoms with E-state index in [1.54, 1.807) is 6.20 Å². The molecule has 0 saturated carbocycles. The number of halogens is 2. The fourth-order valence-electron chi connectivity index (χ4n) is 2.04. The zero-order chi connectivity index (χ0) is 11.7. The molecule has 1 aliphatic heterocycles. The maximum absolute atomic E-state index is 6.04. The summed E-state index contributed by atoms with van der Waals surface area (Å²) in [6.45, 7) is 3.28. The number of nitrogens with one attached hydrogen (secondary N) is 1. The minimum absolute atomic E-state index is 0.452. The van der Waals surface area contributed by atoms with Gasteiger partial charge in [0.25, 0.3) is 0 Å². The largest absolute Gasteiger partial charge is 0.378 e. The molecule has 1 N–H and O–H groups in total. The van der Waals surface area contributed by atoms with Gasteiger partial charge in [-0.3, -0.25) is 0 Å². The van der Waals surface area contributed by atoms with E-state index in [0.717, 1.165) is 23.1 Å². The molecule has 16 heavy (non-hydrogen) atoms. The first-order chi connectivity index (χ1) is 7.56. The average Bonchev–Trinajstić information content (AvgIpc) is 2.52. The first-order valence-electron chi connectivity index (χ1n) is 5.34. The quantitative estimate of drug-likeness (QED) is 0.851. The molecular weight excluding hydrogens is 289 g/mol. The molecule has 0 amide bonds. The normalized spacial score (nSPS) is 26.0. The second kappa shape index (κ2) is 4.90. The van der Waals surface area contributed by atoms with Crippen LogP contribution >= 0.6 is 27.5 Å². The molecule has 2 heterocycles. The van der Waals surface area contributed by atoms with Crippen molar-refractivity contribution in [1.82, 2.24) is 9.88 Å². The van der Waals surface area contributed by atoms with Crippen molar-refractivity contribution in [3.05, 3.63) is 21.9 Å². The molecule has 0 spiro atoms. The zero-order valence-corrected chi connectivity index (χ0v) is 11.7. The first kappa shape index (κ1) is 12.1. The van der Waals surface area contributed by atoms with Gasteiger partial charge in [-0.2, -0.15) is 0 Å². The molecule has 2 rings (SSSR count). The predicted molar refractivity (Wildman–Crippen MR) is 71.1 cm³/mol. The first-order valence-corrected chi connectivity index (χ1v) is 6.51. The fraction of sp³-hybridized carbons (Fsp3) is 0.545. The van der Waals surface area contributed by atoms with E-state index in [1.165, 1.54) is 0 Å². The Morgan fingerprint density at radius 2 is 2.38 bits per heavy atom. The lowest BCUT2D eigenvalue weighted by Gasteiger charge is -2.15. The highest BCUT2D eigenvalue weighted by molar-refractivity contribution is 9.10. The Labute approximate surface area is 109 Å². The van der Waals surface area contributed by atoms with Crippen LogP contribution in [0, 0.1) is 0 Å². The fourth-order valence-corrected chi connectivity index (χ4v) is 2.53. The summed E-state index contributed by atoms with van der Waals surface area (Å²) in [7, 11) is 2.15. The van der Waals surface area contributed by atoms with Crippen LogP contribution in [0.2, 0.25) is 5.15 Å². The van der Waals surface area contributed by atoms with Gasteiger partial charge in [-0.25, -0.2) is 4.98 Å². The van der Waals surface area contributed by atoms with Gasteiger partial charge in [-0.05, 0) is 42.4 Å². The van der Waals surface area contributed by atoms with E-state index in [-0.39, 0.29) is 0 Å². The van der Waals surface area contributed by atoms with Gasteiger partial charge in [0.1, 0.15) is 0 Å². The molecule has 0 aromatic carbocycles. The van der Waals surface area contributed by atoms with Crippen molar-refractivity contribution in [3.8, 4) is 0 Å². The maximum atomic E-state index is 6.04. The van der Waals surface area contributed by atoms with E-state index in [4.69, 9.17) is 11.6 Å². The molecule has 5 heteroatoms. The maximum Gasteiger partial charge on any atom is 0.152 e. The van der Waals surface area contributed by atoms with Crippen LogP contribution in [0.15, 0.2) is 16.7 Å². The standard InChI is InChI=1S/C11H15BrClN3/c1-7-3-9(6-16(7)2)15-10-4-8(12)5-14-11(10)13/h4-5,7,9,15H,3,6H2,1-2H3. The van der Waals surface area contributed by atoms with Gasteiger partial charge < -0.3 is 10.2 Å². The minimum atomic E-state index is 0.452. The summed E-state index contributed by atoms with van der Waals surface area (Å²) in [6.07, 6.45) is 2.84. The highest BCUT2D eigenvalue weighted by atomic mass is 79.9. The summed E-state index contributed by atoms with van der Waals surface area (Å²) in [5.41, 5.74) is 0.906. The molecule has 0 radical (unpaired) electrons. The van der Waals surface area contributed by atoms with Gasteiger partial charge in [0, 0.05) is 29.3 Å². The molecule has 3 nitrogen and oxygen atoms in total. The third kappa shape index (κ3) is 2.67. The van der Waals surface area contributed by atoms with Gasteiger partial charge >= 0.3 is 0 Å². The number of rotatable bonds is 2. The van der Waals surface area contributed by atoms with Crippen LogP contribution in [-0.2, 0) is 0 Å². The minimum Gasteiger partial charge on any atom is -0.378 e. The molecule has 1 fully saturated rings. The zero-order valence-electron chi connectivity index (χ0n) is 9.37. The molecule has 0 bridgehead atoms. The molecule has 1 aromatic heterocycles. The van der Waals surface area contributed by atoms with Gasteiger partial charge in [-0.15, -0.1) is 0 Å². The number of pyridine rings is 1. The molecule has 1 aromatic rings. The monoisotopic (exact) mass is 303 g/mol. The summed E-state index contributed by atoms with van der Waals surface area (Å²) in [5.74, 6) is 0.